The number of anilines is 1. The SMILES string of the molecule is CSc1cc(C(=O)CSc2ccc(Cl)cc2)ccc1NC(C)=O. The van der Waals surface area contributed by atoms with Gasteiger partial charge < -0.3 is 5.32 Å². The lowest BCUT2D eigenvalue weighted by Crippen LogP contribution is -2.08. The molecule has 0 fully saturated rings. The fourth-order valence-corrected chi connectivity index (χ4v) is 3.42. The molecule has 0 saturated heterocycles. The molecule has 23 heavy (non-hydrogen) atoms. The minimum atomic E-state index is -0.127. The van der Waals surface area contributed by atoms with Crippen molar-refractivity contribution in [2.45, 2.75) is 16.7 Å². The second kappa shape index (κ2) is 8.43. The van der Waals surface area contributed by atoms with Crippen molar-refractivity contribution in [1.29, 1.82) is 0 Å². The molecular formula is C17H16ClNO2S2. The van der Waals surface area contributed by atoms with Gasteiger partial charge in [0.15, 0.2) is 5.78 Å². The minimum Gasteiger partial charge on any atom is -0.325 e. The molecule has 0 aliphatic heterocycles. The molecule has 1 amide bonds. The van der Waals surface area contributed by atoms with Gasteiger partial charge in [-0.25, -0.2) is 0 Å². The molecule has 0 heterocycles. The molecule has 0 saturated carbocycles. The van der Waals surface area contributed by atoms with Crippen LogP contribution in [0.1, 0.15) is 17.3 Å². The molecule has 6 heteroatoms. The number of carbonyl (C=O) groups is 2. The number of rotatable bonds is 6. The van der Waals surface area contributed by atoms with E-state index in [0.29, 0.717) is 16.3 Å². The van der Waals surface area contributed by atoms with Crippen LogP contribution in [-0.2, 0) is 4.79 Å². The van der Waals surface area contributed by atoms with Crippen molar-refractivity contribution in [2.75, 3.05) is 17.3 Å². The van der Waals surface area contributed by atoms with E-state index >= 15 is 0 Å². The van der Waals surface area contributed by atoms with E-state index in [4.69, 9.17) is 11.6 Å². The first kappa shape index (κ1) is 17.9. The van der Waals surface area contributed by atoms with E-state index in [1.54, 1.807) is 12.1 Å². The van der Waals surface area contributed by atoms with Crippen molar-refractivity contribution in [3.63, 3.8) is 0 Å². The van der Waals surface area contributed by atoms with Gasteiger partial charge in [0.25, 0.3) is 0 Å². The standard InChI is InChI=1S/C17H16ClNO2S2/c1-11(20)19-15-8-3-12(9-17(15)22-2)16(21)10-23-14-6-4-13(18)5-7-14/h3-9H,10H2,1-2H3,(H,19,20). The molecule has 0 radical (unpaired) electrons. The van der Waals surface area contributed by atoms with Crippen LogP contribution >= 0.6 is 35.1 Å². The summed E-state index contributed by atoms with van der Waals surface area (Å²) in [6.45, 7) is 1.46. The highest BCUT2D eigenvalue weighted by atomic mass is 35.5. The third kappa shape index (κ3) is 5.30. The highest BCUT2D eigenvalue weighted by Crippen LogP contribution is 2.28. The van der Waals surface area contributed by atoms with Gasteiger partial charge in [-0.15, -0.1) is 23.5 Å². The van der Waals surface area contributed by atoms with Gasteiger partial charge in [0, 0.05) is 27.3 Å². The van der Waals surface area contributed by atoms with Crippen LogP contribution < -0.4 is 5.32 Å². The molecule has 120 valence electrons. The van der Waals surface area contributed by atoms with Crippen molar-refractivity contribution in [2.24, 2.45) is 0 Å². The number of ketones is 1. The average Bonchev–Trinajstić information content (AvgIpc) is 2.54. The van der Waals surface area contributed by atoms with Crippen molar-refractivity contribution in [3.8, 4) is 0 Å². The highest BCUT2D eigenvalue weighted by Gasteiger charge is 2.11. The normalized spacial score (nSPS) is 10.4. The Bertz CT molecular complexity index is 717. The maximum Gasteiger partial charge on any atom is 0.221 e. The zero-order valence-corrected chi connectivity index (χ0v) is 15.1. The molecule has 0 aromatic heterocycles. The van der Waals surface area contributed by atoms with Crippen LogP contribution in [0.15, 0.2) is 52.3 Å². The number of hydrogen-bond donors (Lipinski definition) is 1. The summed E-state index contributed by atoms with van der Waals surface area (Å²) in [6, 6.07) is 12.7. The van der Waals surface area contributed by atoms with Crippen molar-refractivity contribution in [3.05, 3.63) is 53.1 Å². The van der Waals surface area contributed by atoms with Crippen LogP contribution in [-0.4, -0.2) is 23.7 Å². The van der Waals surface area contributed by atoms with Crippen molar-refractivity contribution < 1.29 is 9.59 Å². The van der Waals surface area contributed by atoms with Gasteiger partial charge in [0.2, 0.25) is 5.91 Å². The van der Waals surface area contributed by atoms with Crippen molar-refractivity contribution >= 4 is 52.5 Å². The van der Waals surface area contributed by atoms with Crippen LogP contribution in [0.3, 0.4) is 0 Å². The average molecular weight is 366 g/mol. The van der Waals surface area contributed by atoms with Gasteiger partial charge in [0.05, 0.1) is 11.4 Å². The predicted octanol–water partition coefficient (Wildman–Crippen LogP) is 5.00. The zero-order valence-electron chi connectivity index (χ0n) is 12.8. The molecule has 2 aromatic carbocycles. The Morgan fingerprint density at radius 2 is 1.83 bits per heavy atom. The van der Waals surface area contributed by atoms with E-state index in [0.717, 1.165) is 15.5 Å². The quantitative estimate of drug-likeness (QED) is 0.578. The summed E-state index contributed by atoms with van der Waals surface area (Å²) in [5.74, 6) is 0.280. The number of thioether (sulfide) groups is 2. The Hall–Kier alpha value is -1.43. The molecule has 0 aliphatic carbocycles. The lowest BCUT2D eigenvalue weighted by Gasteiger charge is -2.10. The van der Waals surface area contributed by atoms with Crippen LogP contribution in [0.25, 0.3) is 0 Å². The monoisotopic (exact) mass is 365 g/mol. The Labute approximate surface area is 149 Å². The molecule has 2 rings (SSSR count). The molecule has 0 aliphatic rings. The zero-order chi connectivity index (χ0) is 16.8. The Morgan fingerprint density at radius 3 is 2.43 bits per heavy atom. The summed E-state index contributed by atoms with van der Waals surface area (Å²) < 4.78 is 0. The van der Waals surface area contributed by atoms with E-state index in [-0.39, 0.29) is 11.7 Å². The number of nitrogens with one attached hydrogen (secondary N) is 1. The number of halogens is 1. The van der Waals surface area contributed by atoms with Gasteiger partial charge in [-0.2, -0.15) is 0 Å². The fourth-order valence-electron chi connectivity index (χ4n) is 1.92. The smallest absolute Gasteiger partial charge is 0.221 e. The predicted molar refractivity (Wildman–Crippen MR) is 99.0 cm³/mol. The van der Waals surface area contributed by atoms with Crippen LogP contribution in [0.4, 0.5) is 5.69 Å². The Balaban J connectivity index is 2.06. The van der Waals surface area contributed by atoms with Gasteiger partial charge in [-0.05, 0) is 48.7 Å². The second-order valence-electron chi connectivity index (χ2n) is 4.76. The molecule has 3 nitrogen and oxygen atoms in total. The second-order valence-corrected chi connectivity index (χ2v) is 7.10. The third-order valence-corrected chi connectivity index (χ3v) is 5.06. The van der Waals surface area contributed by atoms with E-state index in [1.165, 1.54) is 30.4 Å². The van der Waals surface area contributed by atoms with Gasteiger partial charge in [-0.3, -0.25) is 9.59 Å². The number of Topliss-reactive ketones (excluding diaryl/α,β-unsaturated/α-hetero) is 1. The molecular weight excluding hydrogens is 350 g/mol. The lowest BCUT2D eigenvalue weighted by molar-refractivity contribution is -0.114. The van der Waals surface area contributed by atoms with E-state index in [9.17, 15) is 9.59 Å². The summed E-state index contributed by atoms with van der Waals surface area (Å²) >= 11 is 8.82. The fraction of sp³-hybridized carbons (Fsp3) is 0.176. The minimum absolute atomic E-state index is 0.0506. The molecule has 1 N–H and O–H groups in total. The first-order valence-electron chi connectivity index (χ1n) is 6.87. The summed E-state index contributed by atoms with van der Waals surface area (Å²) in [4.78, 5) is 25.4. The van der Waals surface area contributed by atoms with Gasteiger partial charge in [-0.1, -0.05) is 11.6 Å². The summed E-state index contributed by atoms with van der Waals surface area (Å²) in [5, 5.41) is 3.44. The maximum atomic E-state index is 12.3. The largest absolute Gasteiger partial charge is 0.325 e. The van der Waals surface area contributed by atoms with Crippen LogP contribution in [0, 0.1) is 0 Å². The summed E-state index contributed by atoms with van der Waals surface area (Å²) in [7, 11) is 0. The Morgan fingerprint density at radius 1 is 1.13 bits per heavy atom. The first-order chi connectivity index (χ1) is 11.0. The van der Waals surface area contributed by atoms with E-state index < -0.39 is 0 Å². The molecule has 0 unspecified atom stereocenters. The number of benzene rings is 2. The topological polar surface area (TPSA) is 46.2 Å². The van der Waals surface area contributed by atoms with E-state index in [1.807, 2.05) is 36.6 Å². The van der Waals surface area contributed by atoms with Crippen LogP contribution in [0.5, 0.6) is 0 Å². The molecule has 0 spiro atoms. The number of hydrogen-bond acceptors (Lipinski definition) is 4. The third-order valence-electron chi connectivity index (χ3n) is 3.02. The number of amides is 1. The lowest BCUT2D eigenvalue weighted by atomic mass is 10.1. The molecule has 2 aromatic rings. The van der Waals surface area contributed by atoms with Crippen LogP contribution in [0.2, 0.25) is 5.02 Å². The van der Waals surface area contributed by atoms with E-state index in [2.05, 4.69) is 5.32 Å². The number of carbonyl (C=O) groups excluding carboxylic acids is 2. The van der Waals surface area contributed by atoms with Gasteiger partial charge in [0.1, 0.15) is 0 Å². The molecule has 0 bridgehead atoms. The highest BCUT2D eigenvalue weighted by molar-refractivity contribution is 8.00. The van der Waals surface area contributed by atoms with Gasteiger partial charge >= 0.3 is 0 Å². The first-order valence-corrected chi connectivity index (χ1v) is 9.45. The maximum absolute atomic E-state index is 12.3. The summed E-state index contributed by atoms with van der Waals surface area (Å²) in [5.41, 5.74) is 1.37. The van der Waals surface area contributed by atoms with Crippen molar-refractivity contribution in [1.82, 2.24) is 0 Å². The Kier molecular flexibility index (Phi) is 6.57. The summed E-state index contributed by atoms with van der Waals surface area (Å²) in [6.07, 6.45) is 1.91. The molecule has 0 atom stereocenters.